The molecule has 2 N–H and O–H groups in total. The molecule has 0 aliphatic carbocycles. The molecule has 0 saturated heterocycles. The standard InChI is InChI=1S/C23H20FN5O2/c1-31-11-10-26-22(30)19-4-3-18(13-20(19)24)28-23-27-14-17-12-16(2-5-21(17)29-23)15-6-8-25-9-7-15/h2-9,12-14H,10-11H2,1H3,(H,26,30)(H,27,28,29). The van der Waals surface area contributed by atoms with Gasteiger partial charge in [-0.15, -0.1) is 0 Å². The number of anilines is 2. The maximum atomic E-state index is 14.4. The Morgan fingerprint density at radius 3 is 2.68 bits per heavy atom. The second-order valence-corrected chi connectivity index (χ2v) is 6.77. The molecule has 31 heavy (non-hydrogen) atoms. The van der Waals surface area contributed by atoms with E-state index in [1.807, 2.05) is 30.3 Å². The minimum absolute atomic E-state index is 0.0373. The summed E-state index contributed by atoms with van der Waals surface area (Å²) in [6.07, 6.45) is 5.21. The Hall–Kier alpha value is -3.91. The molecule has 0 spiro atoms. The predicted molar refractivity (Wildman–Crippen MR) is 117 cm³/mol. The summed E-state index contributed by atoms with van der Waals surface area (Å²) in [4.78, 5) is 24.9. The predicted octanol–water partition coefficient (Wildman–Crippen LogP) is 3.95. The van der Waals surface area contributed by atoms with Crippen LogP contribution in [0.3, 0.4) is 0 Å². The van der Waals surface area contributed by atoms with Crippen LogP contribution in [0.2, 0.25) is 0 Å². The molecule has 8 heteroatoms. The highest BCUT2D eigenvalue weighted by atomic mass is 19.1. The van der Waals surface area contributed by atoms with Crippen molar-refractivity contribution in [3.8, 4) is 11.1 Å². The van der Waals surface area contributed by atoms with E-state index in [9.17, 15) is 9.18 Å². The average Bonchev–Trinajstić information content (AvgIpc) is 2.79. The van der Waals surface area contributed by atoms with Crippen LogP contribution in [0.25, 0.3) is 22.0 Å². The van der Waals surface area contributed by atoms with Gasteiger partial charge in [0.25, 0.3) is 5.91 Å². The van der Waals surface area contributed by atoms with E-state index in [1.165, 1.54) is 19.2 Å². The molecule has 0 fully saturated rings. The Kier molecular flexibility index (Phi) is 6.09. The van der Waals surface area contributed by atoms with Crippen molar-refractivity contribution in [2.75, 3.05) is 25.6 Å². The Balaban J connectivity index is 1.50. The molecule has 2 aromatic heterocycles. The smallest absolute Gasteiger partial charge is 0.254 e. The van der Waals surface area contributed by atoms with E-state index in [1.54, 1.807) is 24.7 Å². The lowest BCUT2D eigenvalue weighted by Crippen LogP contribution is -2.27. The number of nitrogens with one attached hydrogen (secondary N) is 2. The largest absolute Gasteiger partial charge is 0.383 e. The number of fused-ring (bicyclic) bond motifs is 1. The van der Waals surface area contributed by atoms with Crippen molar-refractivity contribution >= 4 is 28.4 Å². The van der Waals surface area contributed by atoms with E-state index >= 15 is 0 Å². The van der Waals surface area contributed by atoms with Crippen LogP contribution in [0.5, 0.6) is 0 Å². The van der Waals surface area contributed by atoms with Crippen LogP contribution < -0.4 is 10.6 Å². The van der Waals surface area contributed by atoms with E-state index < -0.39 is 11.7 Å². The van der Waals surface area contributed by atoms with Crippen LogP contribution in [-0.2, 0) is 4.74 Å². The second-order valence-electron chi connectivity index (χ2n) is 6.77. The SMILES string of the molecule is COCCNC(=O)c1ccc(Nc2ncc3cc(-c4ccncc4)ccc3n2)cc1F. The summed E-state index contributed by atoms with van der Waals surface area (Å²) in [7, 11) is 1.53. The van der Waals surface area contributed by atoms with Gasteiger partial charge in [-0.05, 0) is 53.6 Å². The van der Waals surface area contributed by atoms with Crippen molar-refractivity contribution in [3.63, 3.8) is 0 Å². The molecule has 4 rings (SSSR count). The van der Waals surface area contributed by atoms with E-state index in [0.717, 1.165) is 22.0 Å². The molecule has 2 aromatic carbocycles. The Morgan fingerprint density at radius 2 is 1.90 bits per heavy atom. The van der Waals surface area contributed by atoms with Gasteiger partial charge in [0, 0.05) is 43.3 Å². The molecule has 0 aliphatic heterocycles. The quantitative estimate of drug-likeness (QED) is 0.443. The highest BCUT2D eigenvalue weighted by molar-refractivity contribution is 5.95. The summed E-state index contributed by atoms with van der Waals surface area (Å²) in [5, 5.41) is 6.46. The van der Waals surface area contributed by atoms with Crippen molar-refractivity contribution in [2.45, 2.75) is 0 Å². The Labute approximate surface area is 178 Å². The Morgan fingerprint density at radius 1 is 1.06 bits per heavy atom. The van der Waals surface area contributed by atoms with Gasteiger partial charge in [0.2, 0.25) is 5.95 Å². The first-order chi connectivity index (χ1) is 15.1. The van der Waals surface area contributed by atoms with Gasteiger partial charge in [0.05, 0.1) is 17.7 Å². The van der Waals surface area contributed by atoms with Gasteiger partial charge in [0.15, 0.2) is 0 Å². The zero-order chi connectivity index (χ0) is 21.6. The first-order valence-electron chi connectivity index (χ1n) is 9.65. The van der Waals surface area contributed by atoms with Gasteiger partial charge in [-0.3, -0.25) is 9.78 Å². The zero-order valence-electron chi connectivity index (χ0n) is 16.8. The number of aromatic nitrogens is 3. The number of ether oxygens (including phenoxy) is 1. The molecule has 0 aliphatic rings. The van der Waals surface area contributed by atoms with Crippen LogP contribution in [0.4, 0.5) is 16.0 Å². The number of carbonyl (C=O) groups is 1. The molecule has 4 aromatic rings. The van der Waals surface area contributed by atoms with Crippen LogP contribution in [0.1, 0.15) is 10.4 Å². The molecule has 0 unspecified atom stereocenters. The first-order valence-corrected chi connectivity index (χ1v) is 9.65. The Bertz CT molecular complexity index is 1220. The normalized spacial score (nSPS) is 10.8. The maximum absolute atomic E-state index is 14.4. The first kappa shape index (κ1) is 20.4. The van der Waals surface area contributed by atoms with Crippen molar-refractivity contribution < 1.29 is 13.9 Å². The van der Waals surface area contributed by atoms with Gasteiger partial charge in [0.1, 0.15) is 5.82 Å². The van der Waals surface area contributed by atoms with Crippen LogP contribution >= 0.6 is 0 Å². The van der Waals surface area contributed by atoms with Crippen molar-refractivity contribution in [2.24, 2.45) is 0 Å². The summed E-state index contributed by atoms with van der Waals surface area (Å²) < 4.78 is 19.3. The fourth-order valence-corrected chi connectivity index (χ4v) is 3.09. The van der Waals surface area contributed by atoms with Crippen LogP contribution in [-0.4, -0.2) is 41.1 Å². The topological polar surface area (TPSA) is 89.0 Å². The number of hydrogen-bond donors (Lipinski definition) is 2. The summed E-state index contributed by atoms with van der Waals surface area (Å²) in [5.74, 6) is -0.795. The summed E-state index contributed by atoms with van der Waals surface area (Å²) in [6.45, 7) is 0.666. The number of benzene rings is 2. The maximum Gasteiger partial charge on any atom is 0.254 e. The van der Waals surface area contributed by atoms with Crippen LogP contribution in [0.15, 0.2) is 67.1 Å². The molecule has 0 saturated carbocycles. The number of amides is 1. The lowest BCUT2D eigenvalue weighted by Gasteiger charge is -2.09. The molecule has 7 nitrogen and oxygen atoms in total. The van der Waals surface area contributed by atoms with Crippen molar-refractivity contribution in [3.05, 3.63) is 78.5 Å². The van der Waals surface area contributed by atoms with E-state index in [-0.39, 0.29) is 5.56 Å². The zero-order valence-corrected chi connectivity index (χ0v) is 16.8. The average molecular weight is 417 g/mol. The number of methoxy groups -OCH3 is 1. The van der Waals surface area contributed by atoms with E-state index in [0.29, 0.717) is 24.8 Å². The highest BCUT2D eigenvalue weighted by Crippen LogP contribution is 2.24. The molecule has 2 heterocycles. The third kappa shape index (κ3) is 4.81. The molecule has 0 atom stereocenters. The lowest BCUT2D eigenvalue weighted by molar-refractivity contribution is 0.0933. The minimum atomic E-state index is -0.636. The fourth-order valence-electron chi connectivity index (χ4n) is 3.09. The monoisotopic (exact) mass is 417 g/mol. The minimum Gasteiger partial charge on any atom is -0.383 e. The van der Waals surface area contributed by atoms with Crippen LogP contribution in [0, 0.1) is 5.82 Å². The van der Waals surface area contributed by atoms with Gasteiger partial charge in [-0.1, -0.05) is 6.07 Å². The number of carbonyl (C=O) groups excluding carboxylic acids is 1. The van der Waals surface area contributed by atoms with Crippen molar-refractivity contribution in [1.29, 1.82) is 0 Å². The van der Waals surface area contributed by atoms with Gasteiger partial charge in [-0.25, -0.2) is 14.4 Å². The number of hydrogen-bond acceptors (Lipinski definition) is 6. The summed E-state index contributed by atoms with van der Waals surface area (Å²) >= 11 is 0. The van der Waals surface area contributed by atoms with E-state index in [2.05, 4.69) is 25.6 Å². The molecule has 1 amide bonds. The molecular weight excluding hydrogens is 397 g/mol. The fraction of sp³-hybridized carbons (Fsp3) is 0.130. The van der Waals surface area contributed by atoms with E-state index in [4.69, 9.17) is 4.74 Å². The molecule has 0 radical (unpaired) electrons. The number of rotatable bonds is 7. The third-order valence-corrected chi connectivity index (χ3v) is 4.66. The number of halogens is 1. The molecular formula is C23H20FN5O2. The lowest BCUT2D eigenvalue weighted by atomic mass is 10.1. The summed E-state index contributed by atoms with van der Waals surface area (Å²) in [6, 6.07) is 14.0. The number of pyridine rings is 1. The summed E-state index contributed by atoms with van der Waals surface area (Å²) in [5.41, 5.74) is 3.26. The molecule has 156 valence electrons. The van der Waals surface area contributed by atoms with Crippen molar-refractivity contribution in [1.82, 2.24) is 20.3 Å². The third-order valence-electron chi connectivity index (χ3n) is 4.66. The second kappa shape index (κ2) is 9.27. The van der Waals surface area contributed by atoms with Gasteiger partial charge < -0.3 is 15.4 Å². The van der Waals surface area contributed by atoms with Gasteiger partial charge >= 0.3 is 0 Å². The van der Waals surface area contributed by atoms with Gasteiger partial charge in [-0.2, -0.15) is 0 Å². The number of nitrogens with zero attached hydrogens (tertiary/aromatic N) is 3. The highest BCUT2D eigenvalue weighted by Gasteiger charge is 2.12. The molecule has 0 bridgehead atoms.